The van der Waals surface area contributed by atoms with E-state index in [0.29, 0.717) is 0 Å². The molecule has 0 aromatic heterocycles. The molecule has 0 radical (unpaired) electrons. The molecule has 0 amide bonds. The van der Waals surface area contributed by atoms with E-state index in [2.05, 4.69) is 93.6 Å². The van der Waals surface area contributed by atoms with Crippen LogP contribution in [0.5, 0.6) is 0 Å². The zero-order valence-electron chi connectivity index (χ0n) is 25.1. The van der Waals surface area contributed by atoms with E-state index >= 15 is 0 Å². The molecule has 0 heterocycles. The van der Waals surface area contributed by atoms with Crippen LogP contribution in [0.25, 0.3) is 0 Å². The molecule has 3 aromatic carbocycles. The van der Waals surface area contributed by atoms with E-state index in [1.165, 1.54) is 32.6 Å². The van der Waals surface area contributed by atoms with Crippen molar-refractivity contribution in [2.75, 3.05) is 0 Å². The van der Waals surface area contributed by atoms with Crippen molar-refractivity contribution in [2.24, 2.45) is 0 Å². The number of allylic oxidation sites excluding steroid dienone is 4. The molecule has 0 unspecified atom stereocenters. The predicted octanol–water partition coefficient (Wildman–Crippen LogP) is 5.95. The van der Waals surface area contributed by atoms with Gasteiger partial charge in [-0.25, -0.2) is 0 Å². The average Bonchev–Trinajstić information content (AvgIpc) is 2.94. The summed E-state index contributed by atoms with van der Waals surface area (Å²) in [6, 6.07) is 26.5. The first-order chi connectivity index (χ1) is 21.8. The molecule has 3 rings (SSSR count). The Bertz CT molecular complexity index is 1470. The molecule has 0 N–H and O–H groups in total. The number of hydrogen-bond acceptors (Lipinski definition) is 4. The number of halogens is 12. The van der Waals surface area contributed by atoms with Crippen LogP contribution in [0.2, 0.25) is 0 Å². The molecule has 4 nitrogen and oxygen atoms in total. The molecule has 0 bridgehead atoms. The molecular formula is C31H24F12O4PPd+. The smallest absolute Gasteiger partial charge is 0.869 e. The third kappa shape index (κ3) is 14.8. The SMILES string of the molecule is Cc1ccccc1[PH+](c1ccccc1C)c1ccccc1C.O=C(/C=C(\[O-])C(F)(F)F)C(F)(F)F.O=C(/C=C(\[O-])C(F)(F)F)C(F)(F)F.[Pd+2]. The van der Waals surface area contributed by atoms with Gasteiger partial charge in [-0.1, -0.05) is 54.6 Å². The van der Waals surface area contributed by atoms with Crippen molar-refractivity contribution >= 4 is 35.4 Å². The summed E-state index contributed by atoms with van der Waals surface area (Å²) in [5, 5.41) is 24.1. The molecular weight excluding hydrogens is 802 g/mol. The van der Waals surface area contributed by atoms with Crippen molar-refractivity contribution in [1.82, 2.24) is 0 Å². The molecule has 0 aliphatic heterocycles. The zero-order valence-corrected chi connectivity index (χ0v) is 27.6. The number of rotatable bonds is 5. The fraction of sp³-hybridized carbons (Fsp3) is 0.226. The molecule has 49 heavy (non-hydrogen) atoms. The van der Waals surface area contributed by atoms with Crippen molar-refractivity contribution in [2.45, 2.75) is 45.5 Å². The summed E-state index contributed by atoms with van der Waals surface area (Å²) in [5.41, 5.74) is 4.17. The van der Waals surface area contributed by atoms with Gasteiger partial charge in [0, 0.05) is 0 Å². The summed E-state index contributed by atoms with van der Waals surface area (Å²) in [7, 11) is -0.968. The van der Waals surface area contributed by atoms with Crippen molar-refractivity contribution in [3.8, 4) is 0 Å². The van der Waals surface area contributed by atoms with E-state index < -0.39 is 67.9 Å². The van der Waals surface area contributed by atoms with Crippen molar-refractivity contribution in [3.05, 3.63) is 113 Å². The topological polar surface area (TPSA) is 80.3 Å². The third-order valence-electron chi connectivity index (χ3n) is 5.89. The number of aryl methyl sites for hydroxylation is 3. The van der Waals surface area contributed by atoms with E-state index in [0.717, 1.165) is 0 Å². The van der Waals surface area contributed by atoms with Gasteiger partial charge < -0.3 is 10.2 Å². The Morgan fingerprint density at radius 3 is 0.898 bits per heavy atom. The first-order valence-corrected chi connectivity index (χ1v) is 14.5. The van der Waals surface area contributed by atoms with E-state index in [9.17, 15) is 72.5 Å². The normalized spacial score (nSPS) is 12.6. The maximum atomic E-state index is 11.3. The summed E-state index contributed by atoms with van der Waals surface area (Å²) in [5.74, 6) is -11.3. The number of alkyl halides is 12. The number of carbonyl (C=O) groups is 2. The number of benzene rings is 3. The second-order valence-corrected chi connectivity index (χ2v) is 11.9. The summed E-state index contributed by atoms with van der Waals surface area (Å²) in [4.78, 5) is 19.6. The summed E-state index contributed by atoms with van der Waals surface area (Å²) < 4.78 is 136. The van der Waals surface area contributed by atoms with Gasteiger partial charge in [0.2, 0.25) is 0 Å². The Kier molecular flexibility index (Phi) is 17.0. The molecule has 0 spiro atoms. The van der Waals surface area contributed by atoms with Crippen LogP contribution in [0.3, 0.4) is 0 Å². The van der Waals surface area contributed by atoms with E-state index in [4.69, 9.17) is 0 Å². The van der Waals surface area contributed by atoms with Gasteiger partial charge in [0.05, 0.1) is 7.92 Å². The minimum atomic E-state index is -5.46. The predicted molar refractivity (Wildman–Crippen MR) is 151 cm³/mol. The average molecular weight is 826 g/mol. The minimum Gasteiger partial charge on any atom is -0.869 e. The van der Waals surface area contributed by atoms with Gasteiger partial charge in [-0.3, -0.25) is 9.59 Å². The van der Waals surface area contributed by atoms with E-state index in [1.807, 2.05) is 0 Å². The largest absolute Gasteiger partial charge is 2.00 e. The second kappa shape index (κ2) is 18.4. The zero-order chi connectivity index (χ0) is 37.3. The summed E-state index contributed by atoms with van der Waals surface area (Å²) >= 11 is 0. The molecule has 0 aliphatic carbocycles. The quantitative estimate of drug-likeness (QED) is 0.105. The summed E-state index contributed by atoms with van der Waals surface area (Å²) in [6.45, 7) is 6.70. The first kappa shape index (κ1) is 45.3. The first-order valence-electron chi connectivity index (χ1n) is 13.0. The Labute approximate surface area is 286 Å². The number of hydrogen-bond donors (Lipinski definition) is 0. The van der Waals surface area contributed by atoms with Crippen LogP contribution in [-0.2, 0) is 30.0 Å². The van der Waals surface area contributed by atoms with Gasteiger partial charge in [0.25, 0.3) is 11.6 Å². The molecule has 0 saturated heterocycles. The van der Waals surface area contributed by atoms with Crippen LogP contribution in [0, 0.1) is 20.8 Å². The Hall–Kier alpha value is -3.67. The van der Waals surface area contributed by atoms with Gasteiger partial charge in [-0.05, 0) is 79.3 Å². The van der Waals surface area contributed by atoms with Crippen LogP contribution >= 0.6 is 7.92 Å². The molecule has 18 heteroatoms. The number of ketones is 2. The van der Waals surface area contributed by atoms with Gasteiger partial charge in [-0.2, -0.15) is 52.7 Å². The van der Waals surface area contributed by atoms with Crippen LogP contribution in [0.1, 0.15) is 16.7 Å². The Morgan fingerprint density at radius 2 is 0.714 bits per heavy atom. The van der Waals surface area contributed by atoms with Crippen LogP contribution in [0.15, 0.2) is 96.5 Å². The molecule has 270 valence electrons. The van der Waals surface area contributed by atoms with Crippen molar-refractivity contribution in [1.29, 1.82) is 0 Å². The van der Waals surface area contributed by atoms with E-state index in [-0.39, 0.29) is 20.4 Å². The van der Waals surface area contributed by atoms with Crippen LogP contribution in [-0.4, -0.2) is 36.3 Å². The maximum Gasteiger partial charge on any atom is 2.00 e. The van der Waals surface area contributed by atoms with Gasteiger partial charge >= 0.3 is 45.1 Å². The fourth-order valence-electron chi connectivity index (χ4n) is 3.56. The van der Waals surface area contributed by atoms with Gasteiger partial charge in [0.1, 0.15) is 15.9 Å². The maximum absolute atomic E-state index is 11.3. The minimum absolute atomic E-state index is 0. The molecule has 0 aliphatic rings. The molecule has 0 fully saturated rings. The molecule has 0 atom stereocenters. The van der Waals surface area contributed by atoms with Crippen molar-refractivity contribution < 1.29 is 92.9 Å². The van der Waals surface area contributed by atoms with E-state index in [1.54, 1.807) is 0 Å². The number of carbonyl (C=O) groups excluding carboxylic acids is 2. The Balaban J connectivity index is 0.000000747. The second-order valence-electron chi connectivity index (χ2n) is 9.56. The van der Waals surface area contributed by atoms with Crippen molar-refractivity contribution in [3.63, 3.8) is 0 Å². The van der Waals surface area contributed by atoms with Gasteiger partial charge in [0.15, 0.2) is 0 Å². The van der Waals surface area contributed by atoms with Crippen LogP contribution < -0.4 is 26.1 Å². The molecule has 0 saturated carbocycles. The monoisotopic (exact) mass is 825 g/mol. The summed E-state index contributed by atoms with van der Waals surface area (Å²) in [6.07, 6.45) is -23.9. The molecule has 3 aromatic rings. The Morgan fingerprint density at radius 1 is 0.490 bits per heavy atom. The standard InChI is InChI=1S/C21H21P.2C5H2F6O2.Pd/c1-16-10-4-7-13-19(16)22(20-14-8-5-11-17(20)2)21-15-9-6-12-18(21)3;2*6-4(7,8)2(12)1-3(13)5(9,10)11;/h4-15H,1-3H3;2*1,12H;/q;;;+2/p-1/b;2*2-1-;. The fourth-order valence-corrected chi connectivity index (χ4v) is 6.65. The van der Waals surface area contributed by atoms with Gasteiger partial charge in [-0.15, -0.1) is 0 Å². The third-order valence-corrected chi connectivity index (χ3v) is 9.18. The van der Waals surface area contributed by atoms with Crippen LogP contribution in [0.4, 0.5) is 52.7 Å².